The van der Waals surface area contributed by atoms with Gasteiger partial charge in [-0.25, -0.2) is 4.68 Å². The smallest absolute Gasteiger partial charge is 0.273 e. The molecule has 2 aromatic carbocycles. The average molecular weight is 360 g/mol. The van der Waals surface area contributed by atoms with E-state index in [1.807, 2.05) is 54.6 Å². The Morgan fingerprint density at radius 3 is 2.59 bits per heavy atom. The van der Waals surface area contributed by atoms with E-state index in [-0.39, 0.29) is 11.6 Å². The minimum atomic E-state index is -0.282. The number of amides is 1. The molecule has 2 heterocycles. The van der Waals surface area contributed by atoms with Gasteiger partial charge in [0.25, 0.3) is 5.91 Å². The van der Waals surface area contributed by atoms with Crippen molar-refractivity contribution in [1.82, 2.24) is 30.5 Å². The Morgan fingerprint density at radius 2 is 1.89 bits per heavy atom. The monoisotopic (exact) mass is 360 g/mol. The van der Waals surface area contributed by atoms with Gasteiger partial charge in [-0.05, 0) is 17.7 Å². The molecule has 4 rings (SSSR count). The van der Waals surface area contributed by atoms with E-state index in [0.29, 0.717) is 18.3 Å². The van der Waals surface area contributed by atoms with Crippen molar-refractivity contribution in [1.29, 1.82) is 0 Å². The highest BCUT2D eigenvalue weighted by Gasteiger charge is 2.11. The summed E-state index contributed by atoms with van der Waals surface area (Å²) in [4.78, 5) is 16.5. The van der Waals surface area contributed by atoms with Crippen molar-refractivity contribution in [3.63, 3.8) is 0 Å². The summed E-state index contributed by atoms with van der Waals surface area (Å²) in [5, 5.41) is 14.6. The lowest BCUT2D eigenvalue weighted by Crippen LogP contribution is -2.23. The fraction of sp³-hybridized carbons (Fsp3) is 0.105. The number of benzene rings is 2. The summed E-state index contributed by atoms with van der Waals surface area (Å²) in [7, 11) is 0. The molecule has 8 heteroatoms. The van der Waals surface area contributed by atoms with Gasteiger partial charge in [0.15, 0.2) is 5.69 Å². The number of para-hydroxylation sites is 1. The fourth-order valence-corrected chi connectivity index (χ4v) is 2.54. The minimum absolute atomic E-state index is 0.262. The standard InChI is InChI=1S/C19H16N6O2/c1-13-21-18(23-27-13)15-9-7-14(8-10-15)11-20-19(26)17-12-25(24-22-17)16-5-3-2-4-6-16/h2-10,12H,11H2,1H3,(H,20,26). The lowest BCUT2D eigenvalue weighted by molar-refractivity contribution is 0.0946. The number of nitrogens with one attached hydrogen (secondary N) is 1. The molecule has 0 bridgehead atoms. The van der Waals surface area contributed by atoms with E-state index in [1.54, 1.807) is 17.8 Å². The number of rotatable bonds is 5. The molecule has 0 unspecified atom stereocenters. The van der Waals surface area contributed by atoms with Gasteiger partial charge in [-0.15, -0.1) is 5.10 Å². The van der Waals surface area contributed by atoms with Crippen molar-refractivity contribution < 1.29 is 9.32 Å². The molecule has 0 aliphatic rings. The first-order valence-corrected chi connectivity index (χ1v) is 8.34. The quantitative estimate of drug-likeness (QED) is 0.587. The van der Waals surface area contributed by atoms with Crippen LogP contribution in [0.1, 0.15) is 21.9 Å². The Hall–Kier alpha value is -3.81. The molecular formula is C19H16N6O2. The molecule has 0 aliphatic heterocycles. The van der Waals surface area contributed by atoms with Crippen LogP contribution in [0.2, 0.25) is 0 Å². The number of aryl methyl sites for hydroxylation is 1. The molecule has 0 aliphatic carbocycles. The van der Waals surface area contributed by atoms with E-state index < -0.39 is 0 Å². The highest BCUT2D eigenvalue weighted by Crippen LogP contribution is 2.16. The molecule has 27 heavy (non-hydrogen) atoms. The van der Waals surface area contributed by atoms with Crippen LogP contribution in [0, 0.1) is 6.92 Å². The maximum absolute atomic E-state index is 12.3. The zero-order valence-corrected chi connectivity index (χ0v) is 14.5. The van der Waals surface area contributed by atoms with Gasteiger partial charge in [-0.3, -0.25) is 4.79 Å². The molecule has 4 aromatic rings. The van der Waals surface area contributed by atoms with Crippen LogP contribution in [0.5, 0.6) is 0 Å². The highest BCUT2D eigenvalue weighted by atomic mass is 16.5. The zero-order chi connectivity index (χ0) is 18.6. The van der Waals surface area contributed by atoms with E-state index in [1.165, 1.54) is 0 Å². The normalized spacial score (nSPS) is 10.7. The Labute approximate surface area is 154 Å². The van der Waals surface area contributed by atoms with E-state index >= 15 is 0 Å². The molecule has 0 radical (unpaired) electrons. The SMILES string of the molecule is Cc1nc(-c2ccc(CNC(=O)c3cn(-c4ccccc4)nn3)cc2)no1. The van der Waals surface area contributed by atoms with Gasteiger partial charge in [0, 0.05) is 19.0 Å². The van der Waals surface area contributed by atoms with Crippen molar-refractivity contribution in [3.8, 4) is 17.1 Å². The van der Waals surface area contributed by atoms with Gasteiger partial charge >= 0.3 is 0 Å². The lowest BCUT2D eigenvalue weighted by Gasteiger charge is -2.04. The van der Waals surface area contributed by atoms with Crippen LogP contribution in [0.4, 0.5) is 0 Å². The molecular weight excluding hydrogens is 344 g/mol. The topological polar surface area (TPSA) is 98.7 Å². The largest absolute Gasteiger partial charge is 0.347 e. The molecule has 0 spiro atoms. The summed E-state index contributed by atoms with van der Waals surface area (Å²) in [5.74, 6) is 0.778. The zero-order valence-electron chi connectivity index (χ0n) is 14.5. The summed E-state index contributed by atoms with van der Waals surface area (Å²) in [6, 6.07) is 17.1. The van der Waals surface area contributed by atoms with Crippen LogP contribution >= 0.6 is 0 Å². The van der Waals surface area contributed by atoms with E-state index in [2.05, 4.69) is 25.8 Å². The summed E-state index contributed by atoms with van der Waals surface area (Å²) in [6.07, 6.45) is 1.60. The maximum atomic E-state index is 12.3. The fourth-order valence-electron chi connectivity index (χ4n) is 2.54. The van der Waals surface area contributed by atoms with E-state index in [0.717, 1.165) is 16.8 Å². The molecule has 2 aromatic heterocycles. The second-order valence-corrected chi connectivity index (χ2v) is 5.90. The van der Waals surface area contributed by atoms with Gasteiger partial charge in [-0.1, -0.05) is 52.8 Å². The minimum Gasteiger partial charge on any atom is -0.347 e. The van der Waals surface area contributed by atoms with Gasteiger partial charge < -0.3 is 9.84 Å². The third kappa shape index (κ3) is 3.74. The Kier molecular flexibility index (Phi) is 4.44. The Bertz CT molecular complexity index is 1050. The van der Waals surface area contributed by atoms with Crippen LogP contribution in [-0.2, 0) is 6.54 Å². The van der Waals surface area contributed by atoms with Crippen LogP contribution in [-0.4, -0.2) is 31.0 Å². The maximum Gasteiger partial charge on any atom is 0.273 e. The van der Waals surface area contributed by atoms with E-state index in [9.17, 15) is 4.79 Å². The second kappa shape index (κ2) is 7.20. The summed E-state index contributed by atoms with van der Waals surface area (Å²) in [6.45, 7) is 2.12. The van der Waals surface area contributed by atoms with Gasteiger partial charge in [0.2, 0.25) is 11.7 Å². The lowest BCUT2D eigenvalue weighted by atomic mass is 10.1. The van der Waals surface area contributed by atoms with Crippen molar-refractivity contribution in [2.24, 2.45) is 0 Å². The molecule has 8 nitrogen and oxygen atoms in total. The predicted molar refractivity (Wildman–Crippen MR) is 97.0 cm³/mol. The number of hydrogen-bond acceptors (Lipinski definition) is 6. The predicted octanol–water partition coefficient (Wildman–Crippen LogP) is 2.56. The first kappa shape index (κ1) is 16.6. The first-order chi connectivity index (χ1) is 13.2. The van der Waals surface area contributed by atoms with Crippen LogP contribution in [0.25, 0.3) is 17.1 Å². The van der Waals surface area contributed by atoms with Crippen molar-refractivity contribution in [3.05, 3.63) is 77.9 Å². The Morgan fingerprint density at radius 1 is 1.11 bits per heavy atom. The van der Waals surface area contributed by atoms with Crippen molar-refractivity contribution in [2.75, 3.05) is 0 Å². The molecule has 0 saturated heterocycles. The number of carbonyl (C=O) groups excluding carboxylic acids is 1. The third-order valence-electron chi connectivity index (χ3n) is 3.94. The molecule has 1 amide bonds. The van der Waals surface area contributed by atoms with Crippen LogP contribution in [0.15, 0.2) is 65.3 Å². The second-order valence-electron chi connectivity index (χ2n) is 5.90. The summed E-state index contributed by atoms with van der Waals surface area (Å²) < 4.78 is 6.54. The molecule has 0 saturated carbocycles. The Balaban J connectivity index is 1.39. The van der Waals surface area contributed by atoms with Gasteiger partial charge in [0.1, 0.15) is 0 Å². The van der Waals surface area contributed by atoms with Crippen LogP contribution < -0.4 is 5.32 Å². The first-order valence-electron chi connectivity index (χ1n) is 8.34. The number of carbonyl (C=O) groups is 1. The summed E-state index contributed by atoms with van der Waals surface area (Å²) in [5.41, 5.74) is 2.91. The number of aromatic nitrogens is 5. The highest BCUT2D eigenvalue weighted by molar-refractivity contribution is 5.91. The number of nitrogens with zero attached hydrogens (tertiary/aromatic N) is 5. The van der Waals surface area contributed by atoms with E-state index in [4.69, 9.17) is 4.52 Å². The molecule has 134 valence electrons. The molecule has 0 atom stereocenters. The van der Waals surface area contributed by atoms with Gasteiger partial charge in [-0.2, -0.15) is 4.98 Å². The van der Waals surface area contributed by atoms with Crippen molar-refractivity contribution in [2.45, 2.75) is 13.5 Å². The molecule has 0 fully saturated rings. The average Bonchev–Trinajstić information content (AvgIpc) is 3.37. The third-order valence-corrected chi connectivity index (χ3v) is 3.94. The summed E-state index contributed by atoms with van der Waals surface area (Å²) >= 11 is 0. The van der Waals surface area contributed by atoms with Crippen LogP contribution in [0.3, 0.4) is 0 Å². The van der Waals surface area contributed by atoms with Gasteiger partial charge in [0.05, 0.1) is 11.9 Å². The number of hydrogen-bond donors (Lipinski definition) is 1. The van der Waals surface area contributed by atoms with Crippen molar-refractivity contribution >= 4 is 5.91 Å². The molecule has 1 N–H and O–H groups in total.